The van der Waals surface area contributed by atoms with Crippen molar-refractivity contribution in [1.82, 2.24) is 15.5 Å². The summed E-state index contributed by atoms with van der Waals surface area (Å²) < 4.78 is 0. The van der Waals surface area contributed by atoms with Gasteiger partial charge in [0.1, 0.15) is 5.69 Å². The van der Waals surface area contributed by atoms with Crippen molar-refractivity contribution in [2.45, 2.75) is 6.54 Å². The third-order valence-electron chi connectivity index (χ3n) is 2.79. The molecule has 0 aliphatic heterocycles. The molecule has 0 fully saturated rings. The molecule has 0 bridgehead atoms. The van der Waals surface area contributed by atoms with E-state index in [1.165, 1.54) is 31.4 Å². The van der Waals surface area contributed by atoms with Crippen LogP contribution in [0, 0.1) is 10.1 Å². The summed E-state index contributed by atoms with van der Waals surface area (Å²) in [6.07, 6.45) is 1.53. The van der Waals surface area contributed by atoms with Crippen molar-refractivity contribution in [3.63, 3.8) is 0 Å². The Balaban J connectivity index is 2.19. The van der Waals surface area contributed by atoms with Gasteiger partial charge in [-0.05, 0) is 18.2 Å². The second-order valence-electron chi connectivity index (χ2n) is 4.10. The molecule has 1 heterocycles. The fourth-order valence-electron chi connectivity index (χ4n) is 1.84. The van der Waals surface area contributed by atoms with E-state index in [2.05, 4.69) is 20.8 Å². The fraction of sp³-hybridized carbons (Fsp3) is 0.154. The van der Waals surface area contributed by atoms with Gasteiger partial charge in [-0.2, -0.15) is 10.2 Å². The van der Waals surface area contributed by atoms with Crippen LogP contribution < -0.4 is 10.6 Å². The normalized spacial score (nSPS) is 9.95. The number of para-hydroxylation sites is 1. The van der Waals surface area contributed by atoms with Crippen LogP contribution in [-0.2, 0) is 6.54 Å². The van der Waals surface area contributed by atoms with Gasteiger partial charge in [0.15, 0.2) is 0 Å². The maximum atomic E-state index is 12.2. The summed E-state index contributed by atoms with van der Waals surface area (Å²) in [4.78, 5) is 22.6. The molecule has 0 unspecified atom stereocenters. The van der Waals surface area contributed by atoms with Crippen LogP contribution in [0.2, 0.25) is 0 Å². The molecular formula is C13H13N5O3. The van der Waals surface area contributed by atoms with Crippen LogP contribution in [0.1, 0.15) is 16.1 Å². The van der Waals surface area contributed by atoms with Crippen LogP contribution in [0.3, 0.4) is 0 Å². The van der Waals surface area contributed by atoms with Crippen molar-refractivity contribution in [3.05, 3.63) is 57.9 Å². The van der Waals surface area contributed by atoms with E-state index in [4.69, 9.17) is 0 Å². The number of amides is 1. The summed E-state index contributed by atoms with van der Waals surface area (Å²) in [7, 11) is 1.53. The number of carbonyl (C=O) groups excluding carboxylic acids is 1. The highest BCUT2D eigenvalue weighted by Gasteiger charge is 2.20. The lowest BCUT2D eigenvalue weighted by molar-refractivity contribution is -0.384. The summed E-state index contributed by atoms with van der Waals surface area (Å²) in [6.45, 7) is 0.193. The molecule has 0 aliphatic carbocycles. The van der Waals surface area contributed by atoms with E-state index in [1.54, 1.807) is 12.1 Å². The average Bonchev–Trinajstić information content (AvgIpc) is 2.52. The summed E-state index contributed by atoms with van der Waals surface area (Å²) in [6, 6.07) is 7.76. The van der Waals surface area contributed by atoms with Crippen LogP contribution in [0.5, 0.6) is 0 Å². The van der Waals surface area contributed by atoms with Crippen molar-refractivity contribution in [2.24, 2.45) is 0 Å². The van der Waals surface area contributed by atoms with E-state index in [1.807, 2.05) is 0 Å². The molecule has 0 saturated heterocycles. The van der Waals surface area contributed by atoms with Gasteiger partial charge in [-0.3, -0.25) is 14.9 Å². The third kappa shape index (κ3) is 3.30. The maximum Gasteiger partial charge on any atom is 0.293 e. The van der Waals surface area contributed by atoms with Gasteiger partial charge >= 0.3 is 0 Å². The van der Waals surface area contributed by atoms with Gasteiger partial charge in [-0.25, -0.2) is 0 Å². The SMILES string of the molecule is CNc1c(C(=O)NCc2cccnn2)cccc1[N+](=O)[O-]. The molecule has 1 amide bonds. The molecule has 0 spiro atoms. The van der Waals surface area contributed by atoms with E-state index in [-0.39, 0.29) is 23.5 Å². The number of nitro benzene ring substituents is 1. The summed E-state index contributed by atoms with van der Waals surface area (Å²) in [5.41, 5.74) is 0.835. The molecule has 1 aromatic carbocycles. The Hall–Kier alpha value is -3.03. The first-order valence-corrected chi connectivity index (χ1v) is 6.13. The highest BCUT2D eigenvalue weighted by atomic mass is 16.6. The van der Waals surface area contributed by atoms with E-state index < -0.39 is 10.8 Å². The highest BCUT2D eigenvalue weighted by molar-refractivity contribution is 6.01. The molecule has 0 atom stereocenters. The number of hydrogen-bond acceptors (Lipinski definition) is 6. The van der Waals surface area contributed by atoms with E-state index in [9.17, 15) is 14.9 Å². The number of nitrogens with zero attached hydrogens (tertiary/aromatic N) is 3. The summed E-state index contributed by atoms with van der Waals surface area (Å²) in [5.74, 6) is -0.422. The number of nitrogens with one attached hydrogen (secondary N) is 2. The van der Waals surface area contributed by atoms with Gasteiger partial charge in [0.25, 0.3) is 11.6 Å². The first-order valence-electron chi connectivity index (χ1n) is 6.13. The number of benzene rings is 1. The Bertz CT molecular complexity index is 660. The molecule has 2 N–H and O–H groups in total. The Morgan fingerprint density at radius 3 is 2.76 bits per heavy atom. The predicted octanol–water partition coefficient (Wildman–Crippen LogP) is 1.36. The lowest BCUT2D eigenvalue weighted by atomic mass is 10.1. The van der Waals surface area contributed by atoms with E-state index in [0.717, 1.165) is 0 Å². The smallest absolute Gasteiger partial charge is 0.293 e. The van der Waals surface area contributed by atoms with Gasteiger partial charge < -0.3 is 10.6 Å². The van der Waals surface area contributed by atoms with Crippen LogP contribution in [0.4, 0.5) is 11.4 Å². The molecular weight excluding hydrogens is 274 g/mol. The molecule has 1 aromatic heterocycles. The number of aromatic nitrogens is 2. The maximum absolute atomic E-state index is 12.2. The van der Waals surface area contributed by atoms with Crippen LogP contribution in [0.25, 0.3) is 0 Å². The van der Waals surface area contributed by atoms with Crippen molar-refractivity contribution >= 4 is 17.3 Å². The Labute approximate surface area is 120 Å². The molecule has 108 valence electrons. The molecule has 2 aromatic rings. The van der Waals surface area contributed by atoms with Crippen LogP contribution in [0.15, 0.2) is 36.5 Å². The van der Waals surface area contributed by atoms with Crippen LogP contribution in [-0.4, -0.2) is 28.1 Å². The number of hydrogen-bond donors (Lipinski definition) is 2. The summed E-state index contributed by atoms with van der Waals surface area (Å²) in [5, 5.41) is 23.8. The first kappa shape index (κ1) is 14.4. The van der Waals surface area contributed by atoms with Gasteiger partial charge in [0.2, 0.25) is 0 Å². The molecule has 0 aliphatic rings. The van der Waals surface area contributed by atoms with E-state index in [0.29, 0.717) is 5.69 Å². The average molecular weight is 287 g/mol. The molecule has 0 saturated carbocycles. The minimum absolute atomic E-state index is 0.148. The minimum Gasteiger partial charge on any atom is -0.382 e. The van der Waals surface area contributed by atoms with E-state index >= 15 is 0 Å². The van der Waals surface area contributed by atoms with Crippen molar-refractivity contribution in [3.8, 4) is 0 Å². The standard InChI is InChI=1S/C13H13N5O3/c1-14-12-10(5-2-6-11(12)18(20)21)13(19)15-8-9-4-3-7-16-17-9/h2-7,14H,8H2,1H3,(H,15,19). The number of anilines is 1. The van der Waals surface area contributed by atoms with Crippen molar-refractivity contribution in [1.29, 1.82) is 0 Å². The Kier molecular flexibility index (Phi) is 4.39. The number of carbonyl (C=O) groups is 1. The van der Waals surface area contributed by atoms with Gasteiger partial charge in [-0.15, -0.1) is 0 Å². The monoisotopic (exact) mass is 287 g/mol. The quantitative estimate of drug-likeness (QED) is 0.634. The largest absolute Gasteiger partial charge is 0.382 e. The Morgan fingerprint density at radius 1 is 1.33 bits per heavy atom. The first-order chi connectivity index (χ1) is 10.1. The molecule has 8 nitrogen and oxygen atoms in total. The van der Waals surface area contributed by atoms with Crippen LogP contribution >= 0.6 is 0 Å². The van der Waals surface area contributed by atoms with Crippen molar-refractivity contribution < 1.29 is 9.72 Å². The molecule has 2 rings (SSSR count). The number of rotatable bonds is 5. The van der Waals surface area contributed by atoms with Crippen molar-refractivity contribution in [2.75, 3.05) is 12.4 Å². The zero-order chi connectivity index (χ0) is 15.2. The lowest BCUT2D eigenvalue weighted by Gasteiger charge is -2.09. The predicted molar refractivity (Wildman–Crippen MR) is 75.8 cm³/mol. The fourth-order valence-corrected chi connectivity index (χ4v) is 1.84. The molecule has 21 heavy (non-hydrogen) atoms. The lowest BCUT2D eigenvalue weighted by Crippen LogP contribution is -2.24. The number of nitro groups is 1. The zero-order valence-electron chi connectivity index (χ0n) is 11.2. The topological polar surface area (TPSA) is 110 Å². The summed E-state index contributed by atoms with van der Waals surface area (Å²) >= 11 is 0. The zero-order valence-corrected chi connectivity index (χ0v) is 11.2. The van der Waals surface area contributed by atoms with Gasteiger partial charge in [0.05, 0.1) is 22.7 Å². The third-order valence-corrected chi connectivity index (χ3v) is 2.79. The molecule has 0 radical (unpaired) electrons. The molecule has 8 heteroatoms. The minimum atomic E-state index is -0.536. The van der Waals surface area contributed by atoms with Gasteiger partial charge in [0, 0.05) is 19.3 Å². The second kappa shape index (κ2) is 6.42. The highest BCUT2D eigenvalue weighted by Crippen LogP contribution is 2.27. The Morgan fingerprint density at radius 2 is 2.14 bits per heavy atom. The van der Waals surface area contributed by atoms with Gasteiger partial charge in [-0.1, -0.05) is 6.07 Å². The second-order valence-corrected chi connectivity index (χ2v) is 4.10.